The number of benzene rings is 1. The van der Waals surface area contributed by atoms with Gasteiger partial charge in [0, 0.05) is 24.8 Å². The molecule has 1 saturated heterocycles. The molecule has 23 heavy (non-hydrogen) atoms. The number of urea groups is 1. The fourth-order valence-corrected chi connectivity index (χ4v) is 3.33. The SMILES string of the molecule is NCC1CCCC1NC(=O)c1cc(N2CCNC2=O)ccc1F. The molecule has 1 heterocycles. The first kappa shape index (κ1) is 15.7. The second-order valence-electron chi connectivity index (χ2n) is 6.05. The van der Waals surface area contributed by atoms with E-state index in [1.54, 1.807) is 0 Å². The maximum atomic E-state index is 14.1. The van der Waals surface area contributed by atoms with Crippen molar-refractivity contribution in [3.05, 3.63) is 29.6 Å². The molecule has 0 spiro atoms. The van der Waals surface area contributed by atoms with Crippen molar-refractivity contribution in [2.45, 2.75) is 25.3 Å². The Labute approximate surface area is 134 Å². The Morgan fingerprint density at radius 1 is 1.43 bits per heavy atom. The van der Waals surface area contributed by atoms with Gasteiger partial charge in [-0.2, -0.15) is 0 Å². The zero-order valence-corrected chi connectivity index (χ0v) is 12.8. The van der Waals surface area contributed by atoms with Crippen molar-refractivity contribution in [3.8, 4) is 0 Å². The van der Waals surface area contributed by atoms with E-state index < -0.39 is 11.7 Å². The number of carbonyl (C=O) groups is 2. The van der Waals surface area contributed by atoms with Gasteiger partial charge in [0.25, 0.3) is 5.91 Å². The highest BCUT2D eigenvalue weighted by molar-refractivity contribution is 5.98. The lowest BCUT2D eigenvalue weighted by atomic mass is 10.0. The summed E-state index contributed by atoms with van der Waals surface area (Å²) in [6, 6.07) is 3.93. The van der Waals surface area contributed by atoms with Crippen LogP contribution in [0.25, 0.3) is 0 Å². The fourth-order valence-electron chi connectivity index (χ4n) is 3.33. The summed E-state index contributed by atoms with van der Waals surface area (Å²) in [4.78, 5) is 25.6. The number of hydrogen-bond acceptors (Lipinski definition) is 3. The van der Waals surface area contributed by atoms with Crippen LogP contribution in [0.4, 0.5) is 14.9 Å². The molecule has 0 aromatic heterocycles. The topological polar surface area (TPSA) is 87.5 Å². The van der Waals surface area contributed by atoms with E-state index in [1.807, 2.05) is 0 Å². The third-order valence-electron chi connectivity index (χ3n) is 4.64. The van der Waals surface area contributed by atoms with Crippen LogP contribution in [-0.4, -0.2) is 37.6 Å². The zero-order valence-electron chi connectivity index (χ0n) is 12.8. The van der Waals surface area contributed by atoms with Gasteiger partial charge in [0.1, 0.15) is 5.82 Å². The minimum Gasteiger partial charge on any atom is -0.349 e. The Hall–Kier alpha value is -2.15. The zero-order chi connectivity index (χ0) is 16.4. The van der Waals surface area contributed by atoms with Crippen LogP contribution in [0.2, 0.25) is 0 Å². The summed E-state index contributed by atoms with van der Waals surface area (Å²) in [6.07, 6.45) is 2.87. The number of carbonyl (C=O) groups excluding carboxylic acids is 2. The van der Waals surface area contributed by atoms with Gasteiger partial charge >= 0.3 is 6.03 Å². The van der Waals surface area contributed by atoms with E-state index in [1.165, 1.54) is 23.1 Å². The molecule has 7 heteroatoms. The monoisotopic (exact) mass is 320 g/mol. The van der Waals surface area contributed by atoms with Crippen LogP contribution in [0.1, 0.15) is 29.6 Å². The van der Waals surface area contributed by atoms with Crippen molar-refractivity contribution in [3.63, 3.8) is 0 Å². The lowest BCUT2D eigenvalue weighted by Crippen LogP contribution is -2.40. The van der Waals surface area contributed by atoms with Gasteiger partial charge in [-0.25, -0.2) is 9.18 Å². The van der Waals surface area contributed by atoms with Crippen molar-refractivity contribution in [1.82, 2.24) is 10.6 Å². The molecule has 3 amide bonds. The van der Waals surface area contributed by atoms with E-state index in [-0.39, 0.29) is 23.6 Å². The molecule has 1 aromatic carbocycles. The lowest BCUT2D eigenvalue weighted by molar-refractivity contribution is 0.0924. The predicted octanol–water partition coefficient (Wildman–Crippen LogP) is 1.21. The van der Waals surface area contributed by atoms with Crippen LogP contribution >= 0.6 is 0 Å². The van der Waals surface area contributed by atoms with Crippen LogP contribution in [0.3, 0.4) is 0 Å². The van der Waals surface area contributed by atoms with Crippen molar-refractivity contribution >= 4 is 17.6 Å². The Balaban J connectivity index is 1.78. The molecule has 0 bridgehead atoms. The Morgan fingerprint density at radius 3 is 2.96 bits per heavy atom. The molecule has 1 saturated carbocycles. The lowest BCUT2D eigenvalue weighted by Gasteiger charge is -2.20. The van der Waals surface area contributed by atoms with Crippen molar-refractivity contribution in [1.29, 1.82) is 0 Å². The number of nitrogens with zero attached hydrogens (tertiary/aromatic N) is 1. The van der Waals surface area contributed by atoms with Gasteiger partial charge in [0.15, 0.2) is 0 Å². The van der Waals surface area contributed by atoms with Crippen molar-refractivity contribution in [2.24, 2.45) is 11.7 Å². The molecular weight excluding hydrogens is 299 g/mol. The molecule has 4 N–H and O–H groups in total. The second-order valence-corrected chi connectivity index (χ2v) is 6.05. The standard InChI is InChI=1S/C16H21FN4O2/c17-13-5-4-11(21-7-6-19-16(21)23)8-12(13)15(22)20-14-3-1-2-10(14)9-18/h4-5,8,10,14H,1-3,6-7,9,18H2,(H,19,23)(H,20,22). The predicted molar refractivity (Wildman–Crippen MR) is 84.8 cm³/mol. The number of anilines is 1. The van der Waals surface area contributed by atoms with E-state index in [0.29, 0.717) is 25.3 Å². The van der Waals surface area contributed by atoms with E-state index in [9.17, 15) is 14.0 Å². The molecule has 1 aliphatic heterocycles. The Morgan fingerprint density at radius 2 is 2.26 bits per heavy atom. The van der Waals surface area contributed by atoms with E-state index in [0.717, 1.165) is 19.3 Å². The number of amides is 3. The first-order valence-electron chi connectivity index (χ1n) is 7.96. The summed E-state index contributed by atoms with van der Waals surface area (Å²) in [5.74, 6) is -0.794. The number of nitrogens with two attached hydrogens (primary N) is 1. The van der Waals surface area contributed by atoms with Gasteiger partial charge in [-0.05, 0) is 43.5 Å². The summed E-state index contributed by atoms with van der Waals surface area (Å²) < 4.78 is 14.1. The molecule has 2 atom stereocenters. The Kier molecular flexibility index (Phi) is 4.47. The molecule has 2 fully saturated rings. The van der Waals surface area contributed by atoms with Gasteiger partial charge < -0.3 is 16.4 Å². The second kappa shape index (κ2) is 6.54. The molecule has 1 aliphatic carbocycles. The highest BCUT2D eigenvalue weighted by Gasteiger charge is 2.29. The molecule has 0 radical (unpaired) electrons. The van der Waals surface area contributed by atoms with Gasteiger partial charge in [-0.3, -0.25) is 9.69 Å². The van der Waals surface area contributed by atoms with Crippen LogP contribution < -0.4 is 21.3 Å². The van der Waals surface area contributed by atoms with Crippen LogP contribution in [0, 0.1) is 11.7 Å². The number of nitrogens with one attached hydrogen (secondary N) is 2. The minimum atomic E-state index is -0.590. The molecule has 6 nitrogen and oxygen atoms in total. The summed E-state index contributed by atoms with van der Waals surface area (Å²) >= 11 is 0. The summed E-state index contributed by atoms with van der Waals surface area (Å²) in [7, 11) is 0. The molecule has 124 valence electrons. The molecule has 1 aromatic rings. The minimum absolute atomic E-state index is 0.00867. The maximum absolute atomic E-state index is 14.1. The van der Waals surface area contributed by atoms with E-state index in [2.05, 4.69) is 10.6 Å². The smallest absolute Gasteiger partial charge is 0.321 e. The van der Waals surface area contributed by atoms with Gasteiger partial charge in [-0.1, -0.05) is 6.42 Å². The summed E-state index contributed by atoms with van der Waals surface area (Å²) in [6.45, 7) is 1.56. The van der Waals surface area contributed by atoms with E-state index in [4.69, 9.17) is 5.73 Å². The summed E-state index contributed by atoms with van der Waals surface area (Å²) in [5.41, 5.74) is 6.20. The molecule has 2 aliphatic rings. The third-order valence-corrected chi connectivity index (χ3v) is 4.64. The largest absolute Gasteiger partial charge is 0.349 e. The van der Waals surface area contributed by atoms with Crippen molar-refractivity contribution in [2.75, 3.05) is 24.5 Å². The van der Waals surface area contributed by atoms with Crippen LogP contribution in [-0.2, 0) is 0 Å². The summed E-state index contributed by atoms with van der Waals surface area (Å²) in [5, 5.41) is 5.57. The van der Waals surface area contributed by atoms with E-state index >= 15 is 0 Å². The number of halogens is 1. The van der Waals surface area contributed by atoms with Crippen LogP contribution in [0.5, 0.6) is 0 Å². The average Bonchev–Trinajstić information content (AvgIpc) is 3.16. The highest BCUT2D eigenvalue weighted by Crippen LogP contribution is 2.26. The third kappa shape index (κ3) is 3.14. The first-order valence-corrected chi connectivity index (χ1v) is 7.96. The first-order chi connectivity index (χ1) is 11.1. The van der Waals surface area contributed by atoms with Gasteiger partial charge in [0.2, 0.25) is 0 Å². The van der Waals surface area contributed by atoms with Crippen molar-refractivity contribution < 1.29 is 14.0 Å². The van der Waals surface area contributed by atoms with Gasteiger partial charge in [-0.15, -0.1) is 0 Å². The molecule has 2 unspecified atom stereocenters. The number of hydrogen-bond donors (Lipinski definition) is 3. The number of rotatable bonds is 4. The Bertz CT molecular complexity index is 622. The normalized spacial score (nSPS) is 23.9. The molecular formula is C16H21FN4O2. The maximum Gasteiger partial charge on any atom is 0.321 e. The highest BCUT2D eigenvalue weighted by atomic mass is 19.1. The van der Waals surface area contributed by atoms with Crippen LogP contribution in [0.15, 0.2) is 18.2 Å². The quantitative estimate of drug-likeness (QED) is 0.779. The van der Waals surface area contributed by atoms with Gasteiger partial charge in [0.05, 0.1) is 5.56 Å². The molecule has 3 rings (SSSR count). The average molecular weight is 320 g/mol. The fraction of sp³-hybridized carbons (Fsp3) is 0.500.